The van der Waals surface area contributed by atoms with Crippen LogP contribution < -0.4 is 20.5 Å². The summed E-state index contributed by atoms with van der Waals surface area (Å²) < 4.78 is 10.9. The van der Waals surface area contributed by atoms with Crippen LogP contribution in [0.2, 0.25) is 0 Å². The topological polar surface area (TPSA) is 68.9 Å². The first-order chi connectivity index (χ1) is 11.2. The Kier molecular flexibility index (Phi) is 9.90. The molecule has 5 nitrogen and oxygen atoms in total. The van der Waals surface area contributed by atoms with Crippen molar-refractivity contribution in [3.63, 3.8) is 0 Å². The zero-order valence-corrected chi connectivity index (χ0v) is 17.0. The summed E-state index contributed by atoms with van der Waals surface area (Å²) in [6.07, 6.45) is 5.91. The van der Waals surface area contributed by atoms with Crippen LogP contribution in [0.1, 0.15) is 38.2 Å². The van der Waals surface area contributed by atoms with Gasteiger partial charge in [0.05, 0.1) is 13.7 Å². The molecule has 0 spiro atoms. The number of aryl methyl sites for hydroxylation is 1. The van der Waals surface area contributed by atoms with E-state index in [1.54, 1.807) is 7.11 Å². The fourth-order valence-corrected chi connectivity index (χ4v) is 2.61. The van der Waals surface area contributed by atoms with Crippen molar-refractivity contribution in [3.8, 4) is 11.5 Å². The highest BCUT2D eigenvalue weighted by Gasteiger charge is 2.16. The minimum absolute atomic E-state index is 0. The lowest BCUT2D eigenvalue weighted by Gasteiger charge is -2.23. The van der Waals surface area contributed by atoms with E-state index >= 15 is 0 Å². The molecule has 136 valence electrons. The molecule has 1 fully saturated rings. The SMILES string of the molecule is CCOc1cc(CCCNC(N)=NCC2CCC2)ccc1OC.I. The van der Waals surface area contributed by atoms with Crippen molar-refractivity contribution in [2.45, 2.75) is 39.0 Å². The van der Waals surface area contributed by atoms with Crippen molar-refractivity contribution in [3.05, 3.63) is 23.8 Å². The molecule has 0 radical (unpaired) electrons. The normalized spacial score (nSPS) is 14.5. The van der Waals surface area contributed by atoms with Crippen molar-refractivity contribution in [1.29, 1.82) is 0 Å². The van der Waals surface area contributed by atoms with Gasteiger partial charge < -0.3 is 20.5 Å². The average molecular weight is 447 g/mol. The lowest BCUT2D eigenvalue weighted by molar-refractivity contribution is 0.310. The van der Waals surface area contributed by atoms with Gasteiger partial charge in [0.15, 0.2) is 17.5 Å². The maximum absolute atomic E-state index is 5.88. The Bertz CT molecular complexity index is 519. The highest BCUT2D eigenvalue weighted by Crippen LogP contribution is 2.28. The highest BCUT2D eigenvalue weighted by molar-refractivity contribution is 14.0. The Hall–Kier alpha value is -1.18. The predicted molar refractivity (Wildman–Crippen MR) is 110 cm³/mol. The number of halogens is 1. The molecule has 0 saturated heterocycles. The van der Waals surface area contributed by atoms with Crippen molar-refractivity contribution in [2.24, 2.45) is 16.6 Å². The molecule has 0 aromatic heterocycles. The average Bonchev–Trinajstić information content (AvgIpc) is 2.51. The largest absolute Gasteiger partial charge is 0.493 e. The molecule has 1 aromatic rings. The van der Waals surface area contributed by atoms with E-state index in [1.807, 2.05) is 13.0 Å². The van der Waals surface area contributed by atoms with Crippen LogP contribution >= 0.6 is 24.0 Å². The number of benzene rings is 1. The first-order valence-electron chi connectivity index (χ1n) is 8.56. The van der Waals surface area contributed by atoms with Gasteiger partial charge in [0, 0.05) is 13.1 Å². The summed E-state index contributed by atoms with van der Waals surface area (Å²) in [6.45, 7) is 4.31. The van der Waals surface area contributed by atoms with Gasteiger partial charge >= 0.3 is 0 Å². The predicted octanol–water partition coefficient (Wildman–Crippen LogP) is 3.35. The van der Waals surface area contributed by atoms with Crippen LogP contribution in [0.25, 0.3) is 0 Å². The standard InChI is InChI=1S/C18H29N3O2.HI/c1-3-23-17-12-14(9-10-16(17)22-2)8-5-11-20-18(19)21-13-15-6-4-7-15;/h9-10,12,15H,3-8,11,13H2,1-2H3,(H3,19,20,21);1H. The number of nitrogens with one attached hydrogen (secondary N) is 1. The Morgan fingerprint density at radius 3 is 2.75 bits per heavy atom. The number of nitrogens with zero attached hydrogens (tertiary/aromatic N) is 1. The third-order valence-electron chi connectivity index (χ3n) is 4.22. The van der Waals surface area contributed by atoms with Crippen LogP contribution in [-0.2, 0) is 6.42 Å². The molecule has 1 saturated carbocycles. The molecule has 1 aromatic carbocycles. The van der Waals surface area contributed by atoms with Crippen LogP contribution in [-0.4, -0.2) is 32.8 Å². The Balaban J connectivity index is 0.00000288. The fourth-order valence-electron chi connectivity index (χ4n) is 2.61. The van der Waals surface area contributed by atoms with Gasteiger partial charge in [-0.15, -0.1) is 24.0 Å². The zero-order valence-electron chi connectivity index (χ0n) is 14.7. The molecule has 0 aliphatic heterocycles. The summed E-state index contributed by atoms with van der Waals surface area (Å²) in [7, 11) is 1.66. The van der Waals surface area contributed by atoms with Gasteiger partial charge in [0.25, 0.3) is 0 Å². The molecule has 0 atom stereocenters. The summed E-state index contributed by atoms with van der Waals surface area (Å²) >= 11 is 0. The maximum atomic E-state index is 5.88. The highest BCUT2D eigenvalue weighted by atomic mass is 127. The van der Waals surface area contributed by atoms with Crippen LogP contribution in [0, 0.1) is 5.92 Å². The number of guanidine groups is 1. The van der Waals surface area contributed by atoms with Crippen molar-refractivity contribution < 1.29 is 9.47 Å². The summed E-state index contributed by atoms with van der Waals surface area (Å²) in [6, 6.07) is 6.09. The van der Waals surface area contributed by atoms with Gasteiger partial charge in [-0.25, -0.2) is 0 Å². The quantitative estimate of drug-likeness (QED) is 0.264. The summed E-state index contributed by atoms with van der Waals surface area (Å²) in [5.74, 6) is 2.91. The first kappa shape index (κ1) is 20.9. The molecule has 6 heteroatoms. The molecule has 0 unspecified atom stereocenters. The van der Waals surface area contributed by atoms with Crippen molar-refractivity contribution in [2.75, 3.05) is 26.8 Å². The summed E-state index contributed by atoms with van der Waals surface area (Å²) in [4.78, 5) is 4.40. The second-order valence-electron chi connectivity index (χ2n) is 5.97. The molecule has 0 bridgehead atoms. The third kappa shape index (κ3) is 6.75. The van der Waals surface area contributed by atoms with Crippen LogP contribution in [0.4, 0.5) is 0 Å². The monoisotopic (exact) mass is 447 g/mol. The smallest absolute Gasteiger partial charge is 0.188 e. The van der Waals surface area contributed by atoms with E-state index in [0.29, 0.717) is 12.6 Å². The van der Waals surface area contributed by atoms with Crippen LogP contribution in [0.5, 0.6) is 11.5 Å². The van der Waals surface area contributed by atoms with Crippen molar-refractivity contribution >= 4 is 29.9 Å². The van der Waals surface area contributed by atoms with E-state index in [2.05, 4.69) is 22.4 Å². The molecule has 1 aliphatic rings. The number of methoxy groups -OCH3 is 1. The van der Waals surface area contributed by atoms with Gasteiger partial charge in [0.2, 0.25) is 0 Å². The van der Waals surface area contributed by atoms with Gasteiger partial charge in [0.1, 0.15) is 0 Å². The Morgan fingerprint density at radius 1 is 1.33 bits per heavy atom. The molecule has 2 rings (SSSR count). The number of aliphatic imine (C=N–C) groups is 1. The summed E-state index contributed by atoms with van der Waals surface area (Å²) in [5.41, 5.74) is 7.12. The van der Waals surface area contributed by atoms with Gasteiger partial charge in [-0.2, -0.15) is 0 Å². The number of hydrogen-bond donors (Lipinski definition) is 2. The second-order valence-corrected chi connectivity index (χ2v) is 5.97. The number of nitrogens with two attached hydrogens (primary N) is 1. The van der Waals surface area contributed by atoms with Crippen molar-refractivity contribution in [1.82, 2.24) is 5.32 Å². The van der Waals surface area contributed by atoms with Gasteiger partial charge in [-0.3, -0.25) is 4.99 Å². The van der Waals surface area contributed by atoms with E-state index in [1.165, 1.54) is 24.8 Å². The maximum Gasteiger partial charge on any atom is 0.188 e. The Morgan fingerprint density at radius 2 is 2.12 bits per heavy atom. The molecule has 0 amide bonds. The number of rotatable bonds is 9. The van der Waals surface area contributed by atoms with Gasteiger partial charge in [-0.1, -0.05) is 12.5 Å². The first-order valence-corrected chi connectivity index (χ1v) is 8.56. The molecule has 3 N–H and O–H groups in total. The van der Waals surface area contributed by atoms with E-state index < -0.39 is 0 Å². The van der Waals surface area contributed by atoms with Gasteiger partial charge in [-0.05, 0) is 56.2 Å². The zero-order chi connectivity index (χ0) is 16.5. The molecule has 1 aliphatic carbocycles. The minimum atomic E-state index is 0. The minimum Gasteiger partial charge on any atom is -0.493 e. The molecule has 24 heavy (non-hydrogen) atoms. The summed E-state index contributed by atoms with van der Waals surface area (Å²) in [5, 5.41) is 3.19. The van der Waals surface area contributed by atoms with Crippen LogP contribution in [0.3, 0.4) is 0 Å². The lowest BCUT2D eigenvalue weighted by Crippen LogP contribution is -2.33. The molecular formula is C18H30IN3O2. The lowest BCUT2D eigenvalue weighted by atomic mass is 9.86. The number of ether oxygens (including phenoxy) is 2. The third-order valence-corrected chi connectivity index (χ3v) is 4.22. The van der Waals surface area contributed by atoms with E-state index in [9.17, 15) is 0 Å². The van der Waals surface area contributed by atoms with Crippen LogP contribution in [0.15, 0.2) is 23.2 Å². The Labute approximate surface area is 162 Å². The fraction of sp³-hybridized carbons (Fsp3) is 0.611. The molecular weight excluding hydrogens is 417 g/mol. The van der Waals surface area contributed by atoms with E-state index in [0.717, 1.165) is 43.3 Å². The van der Waals surface area contributed by atoms with E-state index in [-0.39, 0.29) is 24.0 Å². The van der Waals surface area contributed by atoms with E-state index in [4.69, 9.17) is 15.2 Å². The second kappa shape index (κ2) is 11.4. The number of hydrogen-bond acceptors (Lipinski definition) is 3. The molecule has 0 heterocycles.